The lowest BCUT2D eigenvalue weighted by Gasteiger charge is -2.31. The lowest BCUT2D eigenvalue weighted by molar-refractivity contribution is -0.129. The predicted molar refractivity (Wildman–Crippen MR) is 153 cm³/mol. The highest BCUT2D eigenvalue weighted by atomic mass is 16.3. The number of ketones is 1. The van der Waals surface area contributed by atoms with Crippen LogP contribution in [0, 0.1) is 29.6 Å². The Hall–Kier alpha value is -3.20. The smallest absolute Gasteiger partial charge is 0.258 e. The zero-order valence-electron chi connectivity index (χ0n) is 23.0. The quantitative estimate of drug-likeness (QED) is 0.300. The molecule has 0 radical (unpaired) electrons. The second-order valence-corrected chi connectivity index (χ2v) is 10.6. The van der Waals surface area contributed by atoms with Crippen molar-refractivity contribution in [2.45, 2.75) is 59.5 Å². The highest BCUT2D eigenvalue weighted by Gasteiger charge is 2.38. The fourth-order valence-corrected chi connectivity index (χ4v) is 6.13. The Balaban J connectivity index is 1.57. The topological polar surface area (TPSA) is 77.8 Å². The number of rotatable bonds is 12. The lowest BCUT2D eigenvalue weighted by Crippen LogP contribution is -2.36. The molecule has 200 valence electrons. The van der Waals surface area contributed by atoms with E-state index in [1.165, 1.54) is 0 Å². The summed E-state index contributed by atoms with van der Waals surface area (Å²) in [4.78, 5) is 29.0. The molecule has 2 aliphatic carbocycles. The highest BCUT2D eigenvalue weighted by molar-refractivity contribution is 6.43. The summed E-state index contributed by atoms with van der Waals surface area (Å²) in [6, 6.07) is 12.1. The van der Waals surface area contributed by atoms with Gasteiger partial charge in [0.15, 0.2) is 5.78 Å². The van der Waals surface area contributed by atoms with Gasteiger partial charge in [-0.3, -0.25) is 9.59 Å². The van der Waals surface area contributed by atoms with Gasteiger partial charge in [-0.25, -0.2) is 0 Å². The molecule has 2 aromatic rings. The summed E-state index contributed by atoms with van der Waals surface area (Å²) >= 11 is 0. The monoisotopic (exact) mass is 513 g/mol. The van der Waals surface area contributed by atoms with E-state index in [1.54, 1.807) is 17.9 Å². The van der Waals surface area contributed by atoms with E-state index in [9.17, 15) is 19.8 Å². The van der Waals surface area contributed by atoms with E-state index in [-0.39, 0.29) is 35.7 Å². The van der Waals surface area contributed by atoms with Crippen LogP contribution in [-0.2, 0) is 9.59 Å². The van der Waals surface area contributed by atoms with Gasteiger partial charge in [0.2, 0.25) is 0 Å². The molecule has 0 heterocycles. The molecular weight excluding hydrogens is 474 g/mol. The number of carbonyl (C=O) groups is 2. The van der Waals surface area contributed by atoms with Gasteiger partial charge in [0, 0.05) is 25.1 Å². The molecule has 2 aromatic carbocycles. The van der Waals surface area contributed by atoms with Crippen molar-refractivity contribution in [3.8, 4) is 11.8 Å². The van der Waals surface area contributed by atoms with Crippen LogP contribution in [-0.4, -0.2) is 52.6 Å². The first-order valence-corrected chi connectivity index (χ1v) is 13.8. The third-order valence-corrected chi connectivity index (χ3v) is 8.58. The Labute approximate surface area is 226 Å². The maximum absolute atomic E-state index is 14.0. The molecule has 0 aromatic heterocycles. The van der Waals surface area contributed by atoms with Crippen molar-refractivity contribution in [2.75, 3.05) is 19.7 Å². The second-order valence-electron chi connectivity index (χ2n) is 10.6. The van der Waals surface area contributed by atoms with Gasteiger partial charge in [-0.05, 0) is 71.1 Å². The van der Waals surface area contributed by atoms with Crippen LogP contribution in [0.3, 0.4) is 0 Å². The fraction of sp³-hybridized carbons (Fsp3) is 0.455. The largest absolute Gasteiger partial charge is 0.394 e. The van der Waals surface area contributed by atoms with E-state index < -0.39 is 6.10 Å². The maximum atomic E-state index is 14.0. The fourth-order valence-electron chi connectivity index (χ4n) is 6.13. The molecule has 2 N–H and O–H groups in total. The van der Waals surface area contributed by atoms with Crippen molar-refractivity contribution in [3.63, 3.8) is 0 Å². The van der Waals surface area contributed by atoms with Gasteiger partial charge in [-0.15, -0.1) is 11.8 Å². The zero-order valence-corrected chi connectivity index (χ0v) is 23.0. The number of aliphatic hydroxyl groups excluding tert-OH is 2. The molecule has 0 aliphatic heterocycles. The van der Waals surface area contributed by atoms with E-state index >= 15 is 0 Å². The van der Waals surface area contributed by atoms with E-state index in [0.717, 1.165) is 52.3 Å². The van der Waals surface area contributed by atoms with Gasteiger partial charge >= 0.3 is 0 Å². The molecular formula is C33H39NO4. The molecule has 2 aliphatic rings. The number of nitrogens with zero attached hydrogens (tertiary/aromatic N) is 1. The van der Waals surface area contributed by atoms with Crippen LogP contribution >= 0.6 is 0 Å². The average molecular weight is 514 g/mol. The Morgan fingerprint density at radius 2 is 1.76 bits per heavy atom. The summed E-state index contributed by atoms with van der Waals surface area (Å²) in [7, 11) is 0. The average Bonchev–Trinajstić information content (AvgIpc) is 3.43. The summed E-state index contributed by atoms with van der Waals surface area (Å²) in [5, 5.41) is 21.7. The molecule has 5 nitrogen and oxygen atoms in total. The van der Waals surface area contributed by atoms with Gasteiger partial charge in [-0.2, -0.15) is 0 Å². The molecule has 0 spiro atoms. The number of benzene rings is 2. The van der Waals surface area contributed by atoms with Crippen LogP contribution in [0.4, 0.5) is 0 Å². The maximum Gasteiger partial charge on any atom is 0.258 e. The van der Waals surface area contributed by atoms with Crippen molar-refractivity contribution in [2.24, 2.45) is 17.8 Å². The number of amides is 1. The Kier molecular flexibility index (Phi) is 8.87. The van der Waals surface area contributed by atoms with Crippen LogP contribution in [0.2, 0.25) is 0 Å². The third-order valence-electron chi connectivity index (χ3n) is 8.58. The molecule has 0 saturated heterocycles. The lowest BCUT2D eigenvalue weighted by atomic mass is 9.77. The first-order chi connectivity index (χ1) is 18.3. The molecule has 4 rings (SSSR count). The molecule has 5 heteroatoms. The van der Waals surface area contributed by atoms with Crippen LogP contribution in [0.15, 0.2) is 48.0 Å². The number of hydrogen-bond donors (Lipinski definition) is 2. The van der Waals surface area contributed by atoms with Crippen molar-refractivity contribution in [1.29, 1.82) is 0 Å². The van der Waals surface area contributed by atoms with Crippen LogP contribution in [0.25, 0.3) is 21.9 Å². The Morgan fingerprint density at radius 3 is 2.42 bits per heavy atom. The summed E-state index contributed by atoms with van der Waals surface area (Å²) in [6.07, 6.45) is 4.11. The normalized spacial score (nSPS) is 17.0. The predicted octanol–water partition coefficient (Wildman–Crippen LogP) is 5.25. The highest BCUT2D eigenvalue weighted by Crippen LogP contribution is 2.50. The van der Waals surface area contributed by atoms with E-state index in [4.69, 9.17) is 0 Å². The van der Waals surface area contributed by atoms with Gasteiger partial charge in [0.1, 0.15) is 0 Å². The first-order valence-electron chi connectivity index (χ1n) is 13.8. The minimum atomic E-state index is -0.728. The standard InChI is InChI=1S/C33H39NO4/c1-5-7-8-17-34(18-11-14-23(6-2)21(3)22(4)29(37)20-35)33(38)32-28(36)19-27-25-15-9-12-24-13-10-16-26(30(24)25)31(27)32/h9-10,12-13,15-16,19,21-23,29,35,37H,6,8,11,14,17-18,20H2,1-4H3. The van der Waals surface area contributed by atoms with Gasteiger partial charge in [0.25, 0.3) is 5.91 Å². The molecule has 0 saturated carbocycles. The summed E-state index contributed by atoms with van der Waals surface area (Å²) in [6.45, 7) is 8.84. The molecule has 38 heavy (non-hydrogen) atoms. The summed E-state index contributed by atoms with van der Waals surface area (Å²) < 4.78 is 0. The number of allylic oxidation sites excluding steroid dienone is 3. The molecule has 0 bridgehead atoms. The second kappa shape index (κ2) is 12.1. The molecule has 4 unspecified atom stereocenters. The summed E-state index contributed by atoms with van der Waals surface area (Å²) in [5.41, 5.74) is 3.88. The van der Waals surface area contributed by atoms with Crippen LogP contribution in [0.1, 0.15) is 64.5 Å². The minimum Gasteiger partial charge on any atom is -0.394 e. The van der Waals surface area contributed by atoms with E-state index in [2.05, 4.69) is 37.8 Å². The number of aliphatic hydroxyl groups is 2. The Bertz CT molecular complexity index is 1340. The van der Waals surface area contributed by atoms with Gasteiger partial charge in [0.05, 0.1) is 18.3 Å². The SMILES string of the molecule is CC#CCCN(CCCC(CC)C(C)C(C)C(O)CO)C(=O)C1=C2C(=CC1=O)c1cccc3cccc2c13. The van der Waals surface area contributed by atoms with E-state index in [1.807, 2.05) is 31.2 Å². The van der Waals surface area contributed by atoms with Crippen molar-refractivity contribution in [3.05, 3.63) is 59.2 Å². The van der Waals surface area contributed by atoms with Crippen molar-refractivity contribution >= 4 is 33.6 Å². The van der Waals surface area contributed by atoms with Crippen molar-refractivity contribution < 1.29 is 19.8 Å². The first kappa shape index (κ1) is 27.8. The number of hydrogen-bond acceptors (Lipinski definition) is 4. The van der Waals surface area contributed by atoms with E-state index in [0.29, 0.717) is 25.4 Å². The van der Waals surface area contributed by atoms with Crippen LogP contribution in [0.5, 0.6) is 0 Å². The Morgan fingerprint density at radius 1 is 1.05 bits per heavy atom. The zero-order chi connectivity index (χ0) is 27.4. The third kappa shape index (κ3) is 5.21. The minimum absolute atomic E-state index is 0.0122. The molecule has 4 atom stereocenters. The molecule has 0 fully saturated rings. The summed E-state index contributed by atoms with van der Waals surface area (Å²) in [5.74, 6) is 6.13. The van der Waals surface area contributed by atoms with Gasteiger partial charge < -0.3 is 15.1 Å². The van der Waals surface area contributed by atoms with Crippen molar-refractivity contribution in [1.82, 2.24) is 4.90 Å². The molecule has 1 amide bonds. The number of fused-ring (bicyclic) bond motifs is 3. The van der Waals surface area contributed by atoms with Gasteiger partial charge in [-0.1, -0.05) is 63.6 Å². The number of carbonyl (C=O) groups excluding carboxylic acids is 2. The van der Waals surface area contributed by atoms with Crippen LogP contribution < -0.4 is 0 Å².